The van der Waals surface area contributed by atoms with Crippen molar-refractivity contribution in [3.05, 3.63) is 91.6 Å². The SMILES string of the molecule is Cc1cc(-c2c(C)cc(C#N)cc2C)cc([C@H](CC(=O)O)NC(=O)C(CC(C)C)n2cc(CCN3CCC3)c(C(F)(F)F)cc2=O)c1F. The van der Waals surface area contributed by atoms with Gasteiger partial charge in [0.15, 0.2) is 0 Å². The minimum absolute atomic E-state index is 0.0121. The second kappa shape index (κ2) is 14.7. The van der Waals surface area contributed by atoms with Crippen LogP contribution in [-0.4, -0.2) is 46.1 Å². The van der Waals surface area contributed by atoms with E-state index >= 15 is 4.39 Å². The van der Waals surface area contributed by atoms with Gasteiger partial charge in [0.2, 0.25) is 5.91 Å². The Morgan fingerprint density at radius 3 is 2.21 bits per heavy atom. The average molecular weight is 669 g/mol. The zero-order valence-electron chi connectivity index (χ0n) is 27.7. The number of nitrogens with one attached hydrogen (secondary N) is 1. The van der Waals surface area contributed by atoms with Crippen LogP contribution in [0, 0.1) is 43.8 Å². The third-order valence-electron chi connectivity index (χ3n) is 8.75. The molecule has 256 valence electrons. The normalized spacial score (nSPS) is 14.7. The number of nitriles is 1. The van der Waals surface area contributed by atoms with Crippen LogP contribution in [0.3, 0.4) is 0 Å². The molecule has 1 unspecified atom stereocenters. The lowest BCUT2D eigenvalue weighted by Gasteiger charge is -2.31. The summed E-state index contributed by atoms with van der Waals surface area (Å²) >= 11 is 0. The number of carbonyl (C=O) groups excluding carboxylic acids is 1. The molecule has 1 fully saturated rings. The maximum Gasteiger partial charge on any atom is 0.416 e. The van der Waals surface area contributed by atoms with Crippen molar-refractivity contribution in [3.8, 4) is 17.2 Å². The fourth-order valence-electron chi connectivity index (χ4n) is 6.34. The Balaban J connectivity index is 1.78. The van der Waals surface area contributed by atoms with Crippen LogP contribution in [0.2, 0.25) is 0 Å². The zero-order chi connectivity index (χ0) is 35.5. The van der Waals surface area contributed by atoms with Crippen LogP contribution < -0.4 is 10.9 Å². The third kappa shape index (κ3) is 8.31. The molecule has 1 saturated heterocycles. The van der Waals surface area contributed by atoms with Crippen LogP contribution >= 0.6 is 0 Å². The molecule has 8 nitrogen and oxygen atoms in total. The molecule has 0 saturated carbocycles. The van der Waals surface area contributed by atoms with E-state index in [9.17, 15) is 37.9 Å². The lowest BCUT2D eigenvalue weighted by atomic mass is 9.89. The number of carboxylic acids is 1. The van der Waals surface area contributed by atoms with Gasteiger partial charge < -0.3 is 19.9 Å². The lowest BCUT2D eigenvalue weighted by Crippen LogP contribution is -2.41. The summed E-state index contributed by atoms with van der Waals surface area (Å²) in [7, 11) is 0. The van der Waals surface area contributed by atoms with Crippen LogP contribution in [0.15, 0.2) is 41.3 Å². The van der Waals surface area contributed by atoms with Gasteiger partial charge in [-0.15, -0.1) is 0 Å². The molecule has 2 heterocycles. The second-order valence-electron chi connectivity index (χ2n) is 13.0. The van der Waals surface area contributed by atoms with Gasteiger partial charge in [0, 0.05) is 24.4 Å². The molecule has 1 aromatic heterocycles. The van der Waals surface area contributed by atoms with Crippen molar-refractivity contribution in [1.29, 1.82) is 5.26 Å². The number of nitrogens with zero attached hydrogens (tertiary/aromatic N) is 3. The van der Waals surface area contributed by atoms with Crippen molar-refractivity contribution in [2.24, 2.45) is 5.92 Å². The number of carbonyl (C=O) groups is 2. The summed E-state index contributed by atoms with van der Waals surface area (Å²) in [5.74, 6) is -3.07. The monoisotopic (exact) mass is 668 g/mol. The highest BCUT2D eigenvalue weighted by Crippen LogP contribution is 2.35. The Labute approximate surface area is 277 Å². The Bertz CT molecular complexity index is 1780. The predicted octanol–water partition coefficient (Wildman–Crippen LogP) is 6.64. The second-order valence-corrected chi connectivity index (χ2v) is 13.0. The maximum absolute atomic E-state index is 15.8. The highest BCUT2D eigenvalue weighted by molar-refractivity contribution is 5.82. The fourth-order valence-corrected chi connectivity index (χ4v) is 6.34. The number of amides is 1. The fraction of sp³-hybridized carbons (Fsp3) is 0.444. The van der Waals surface area contributed by atoms with Crippen LogP contribution in [0.25, 0.3) is 11.1 Å². The highest BCUT2D eigenvalue weighted by atomic mass is 19.4. The predicted molar refractivity (Wildman–Crippen MR) is 173 cm³/mol. The number of benzene rings is 2. The van der Waals surface area contributed by atoms with Crippen LogP contribution in [0.1, 0.15) is 84.1 Å². The standard InChI is InChI=1S/C36H40F4N4O4/c1-20(2)11-30(44-19-25(7-10-43-8-6-9-43)28(16-31(44)45)36(38,39)40)35(48)42-29(17-32(46)47)27-15-26(14-23(5)34(27)37)33-21(3)12-24(18-41)13-22(33)4/h12-16,19-20,29-30H,6-11,17H2,1-5H3,(H,42,48)(H,46,47)/t29-,30?/m0/s1. The molecule has 0 radical (unpaired) electrons. The Kier molecular flexibility index (Phi) is 11.1. The van der Waals surface area contributed by atoms with Crippen LogP contribution in [0.4, 0.5) is 17.6 Å². The largest absolute Gasteiger partial charge is 0.481 e. The average Bonchev–Trinajstić information content (AvgIpc) is 2.95. The summed E-state index contributed by atoms with van der Waals surface area (Å²) in [6, 6.07) is 6.38. The number of alkyl halides is 3. The number of pyridine rings is 1. The van der Waals surface area contributed by atoms with Gasteiger partial charge in [-0.1, -0.05) is 13.8 Å². The summed E-state index contributed by atoms with van der Waals surface area (Å²) in [6.45, 7) is 10.6. The van der Waals surface area contributed by atoms with E-state index in [-0.39, 0.29) is 35.4 Å². The van der Waals surface area contributed by atoms with E-state index in [1.165, 1.54) is 13.0 Å². The minimum Gasteiger partial charge on any atom is -0.481 e. The molecule has 4 rings (SSSR count). The number of aromatic nitrogens is 1. The Morgan fingerprint density at radius 1 is 1.04 bits per heavy atom. The summed E-state index contributed by atoms with van der Waals surface area (Å²) < 4.78 is 58.8. The number of aryl methyl sites for hydroxylation is 3. The molecule has 0 spiro atoms. The van der Waals surface area contributed by atoms with Gasteiger partial charge in [0.25, 0.3) is 5.56 Å². The van der Waals surface area contributed by atoms with Crippen molar-refractivity contribution in [2.75, 3.05) is 19.6 Å². The lowest BCUT2D eigenvalue weighted by molar-refractivity contribution is -0.139. The summed E-state index contributed by atoms with van der Waals surface area (Å²) in [5.41, 5.74) is 1.10. The summed E-state index contributed by atoms with van der Waals surface area (Å²) in [4.78, 5) is 41.2. The zero-order valence-corrected chi connectivity index (χ0v) is 27.7. The van der Waals surface area contributed by atoms with E-state index in [2.05, 4.69) is 11.4 Å². The summed E-state index contributed by atoms with van der Waals surface area (Å²) in [6.07, 6.45) is -3.38. The molecular formula is C36H40F4N4O4. The van der Waals surface area contributed by atoms with Gasteiger partial charge in [0.05, 0.1) is 29.7 Å². The highest BCUT2D eigenvalue weighted by Gasteiger charge is 2.36. The first-order valence-corrected chi connectivity index (χ1v) is 15.9. The molecular weight excluding hydrogens is 628 g/mol. The van der Waals surface area contributed by atoms with Crippen LogP contribution in [0.5, 0.6) is 0 Å². The molecule has 0 bridgehead atoms. The maximum atomic E-state index is 15.8. The molecule has 2 N–H and O–H groups in total. The van der Waals surface area contributed by atoms with E-state index < -0.39 is 53.5 Å². The Morgan fingerprint density at radius 2 is 1.69 bits per heavy atom. The Hall–Kier alpha value is -4.50. The quantitative estimate of drug-likeness (QED) is 0.209. The molecule has 1 aliphatic rings. The van der Waals surface area contributed by atoms with Gasteiger partial charge in [-0.05, 0) is 117 Å². The van der Waals surface area contributed by atoms with Crippen molar-refractivity contribution < 1.29 is 32.3 Å². The van der Waals surface area contributed by atoms with Gasteiger partial charge in [0.1, 0.15) is 11.9 Å². The smallest absolute Gasteiger partial charge is 0.416 e. The number of likely N-dealkylation sites (tertiary alicyclic amines) is 1. The van der Waals surface area contributed by atoms with E-state index in [1.807, 2.05) is 4.90 Å². The minimum atomic E-state index is -4.78. The number of aliphatic carboxylic acids is 1. The molecule has 2 atom stereocenters. The van der Waals surface area contributed by atoms with Gasteiger partial charge in [-0.25, -0.2) is 4.39 Å². The first kappa shape index (κ1) is 36.3. The summed E-state index contributed by atoms with van der Waals surface area (Å²) in [5, 5.41) is 21.8. The molecule has 48 heavy (non-hydrogen) atoms. The van der Waals surface area contributed by atoms with E-state index in [0.717, 1.165) is 47.0 Å². The molecule has 3 aromatic rings. The number of hydrogen-bond acceptors (Lipinski definition) is 5. The molecule has 1 aliphatic heterocycles. The van der Waals surface area contributed by atoms with E-state index in [0.29, 0.717) is 23.7 Å². The molecule has 2 aromatic carbocycles. The molecule has 1 amide bonds. The van der Waals surface area contributed by atoms with Crippen molar-refractivity contribution in [1.82, 2.24) is 14.8 Å². The van der Waals surface area contributed by atoms with Gasteiger partial charge >= 0.3 is 12.1 Å². The topological polar surface area (TPSA) is 115 Å². The van der Waals surface area contributed by atoms with Crippen molar-refractivity contribution in [2.45, 2.75) is 78.6 Å². The number of rotatable bonds is 12. The van der Waals surface area contributed by atoms with Gasteiger partial charge in [-0.2, -0.15) is 18.4 Å². The third-order valence-corrected chi connectivity index (χ3v) is 8.75. The first-order chi connectivity index (χ1) is 22.5. The number of hydrogen-bond donors (Lipinski definition) is 2. The number of halogens is 4. The van der Waals surface area contributed by atoms with Crippen LogP contribution in [-0.2, 0) is 22.2 Å². The molecule has 0 aliphatic carbocycles. The number of carboxylic acid groups (broad SMARTS) is 1. The van der Waals surface area contributed by atoms with E-state index in [1.54, 1.807) is 45.9 Å². The van der Waals surface area contributed by atoms with Crippen molar-refractivity contribution in [3.63, 3.8) is 0 Å². The van der Waals surface area contributed by atoms with Crippen molar-refractivity contribution >= 4 is 11.9 Å². The molecule has 12 heteroatoms. The van der Waals surface area contributed by atoms with E-state index in [4.69, 9.17) is 0 Å². The first-order valence-electron chi connectivity index (χ1n) is 15.9. The van der Waals surface area contributed by atoms with Gasteiger partial charge in [-0.3, -0.25) is 14.4 Å².